The van der Waals surface area contributed by atoms with Crippen LogP contribution in [-0.2, 0) is 4.79 Å². The molecule has 2 amide bonds. The second-order valence-electron chi connectivity index (χ2n) is 8.12. The minimum absolute atomic E-state index is 0.121. The molecule has 36 heavy (non-hydrogen) atoms. The number of fused-ring (bicyclic) bond motifs is 1. The van der Waals surface area contributed by atoms with Crippen LogP contribution in [0, 0.1) is 18.3 Å². The van der Waals surface area contributed by atoms with Crippen LogP contribution in [0.25, 0.3) is 10.8 Å². The molecule has 4 aromatic rings. The van der Waals surface area contributed by atoms with Gasteiger partial charge in [0, 0.05) is 5.69 Å². The molecular formula is C29H25N3O4. The molecule has 0 aliphatic carbocycles. The number of hydrogen-bond donors (Lipinski definition) is 1. The number of aryl methyl sites for hydroxylation is 1. The van der Waals surface area contributed by atoms with Crippen LogP contribution < -0.4 is 19.7 Å². The van der Waals surface area contributed by atoms with E-state index in [1.54, 1.807) is 42.5 Å². The van der Waals surface area contributed by atoms with Gasteiger partial charge in [0.15, 0.2) is 6.61 Å². The summed E-state index contributed by atoms with van der Waals surface area (Å²) in [5, 5.41) is 13.8. The molecule has 0 spiro atoms. The van der Waals surface area contributed by atoms with Gasteiger partial charge >= 0.3 is 0 Å². The van der Waals surface area contributed by atoms with Crippen molar-refractivity contribution in [2.24, 2.45) is 0 Å². The highest BCUT2D eigenvalue weighted by molar-refractivity contribution is 6.09. The molecule has 0 aromatic heterocycles. The third kappa shape index (κ3) is 5.45. The Bertz CT molecular complexity index is 1440. The van der Waals surface area contributed by atoms with Gasteiger partial charge in [-0.05, 0) is 59.7 Å². The van der Waals surface area contributed by atoms with Crippen LogP contribution in [0.5, 0.6) is 11.5 Å². The fourth-order valence-corrected chi connectivity index (χ4v) is 3.84. The van der Waals surface area contributed by atoms with E-state index in [-0.39, 0.29) is 24.5 Å². The second kappa shape index (κ2) is 11.1. The first-order valence-corrected chi connectivity index (χ1v) is 11.3. The fraction of sp³-hybridized carbons (Fsp3) is 0.138. The molecule has 180 valence electrons. The lowest BCUT2D eigenvalue weighted by Crippen LogP contribution is -2.35. The number of methoxy groups -OCH3 is 1. The van der Waals surface area contributed by atoms with Gasteiger partial charge in [-0.15, -0.1) is 0 Å². The van der Waals surface area contributed by atoms with Gasteiger partial charge in [0.1, 0.15) is 18.0 Å². The molecule has 0 aliphatic heterocycles. The van der Waals surface area contributed by atoms with Gasteiger partial charge in [0.25, 0.3) is 11.8 Å². The van der Waals surface area contributed by atoms with E-state index in [9.17, 15) is 14.9 Å². The number of nitriles is 1. The molecule has 0 aliphatic rings. The first-order valence-electron chi connectivity index (χ1n) is 11.3. The molecule has 7 nitrogen and oxygen atoms in total. The summed E-state index contributed by atoms with van der Waals surface area (Å²) in [6, 6.07) is 27.5. The van der Waals surface area contributed by atoms with Crippen LogP contribution in [0.3, 0.4) is 0 Å². The highest BCUT2D eigenvalue weighted by Crippen LogP contribution is 2.30. The van der Waals surface area contributed by atoms with Crippen molar-refractivity contribution in [3.05, 3.63) is 96.1 Å². The number of amides is 2. The summed E-state index contributed by atoms with van der Waals surface area (Å²) < 4.78 is 11.3. The van der Waals surface area contributed by atoms with Crippen LogP contribution in [0.2, 0.25) is 0 Å². The number of anilines is 2. The number of hydrogen-bond acceptors (Lipinski definition) is 5. The molecule has 4 rings (SSSR count). The number of ether oxygens (including phenoxy) is 2. The third-order valence-electron chi connectivity index (χ3n) is 5.64. The van der Waals surface area contributed by atoms with Crippen molar-refractivity contribution in [2.75, 3.05) is 30.5 Å². The summed E-state index contributed by atoms with van der Waals surface area (Å²) in [5.41, 5.74) is 2.36. The summed E-state index contributed by atoms with van der Waals surface area (Å²) in [6.07, 6.45) is 0. The smallest absolute Gasteiger partial charge is 0.265 e. The lowest BCUT2D eigenvalue weighted by Gasteiger charge is -2.20. The normalized spacial score (nSPS) is 10.4. The van der Waals surface area contributed by atoms with Gasteiger partial charge in [-0.3, -0.25) is 14.5 Å². The van der Waals surface area contributed by atoms with Crippen molar-refractivity contribution < 1.29 is 19.1 Å². The first kappa shape index (κ1) is 24.3. The van der Waals surface area contributed by atoms with Crippen LogP contribution in [0.4, 0.5) is 11.4 Å². The number of nitrogens with one attached hydrogen (secondary N) is 1. The predicted octanol–water partition coefficient (Wildman–Crippen LogP) is 5.34. The number of nitrogens with zero attached hydrogens (tertiary/aromatic N) is 2. The van der Waals surface area contributed by atoms with E-state index in [4.69, 9.17) is 9.47 Å². The highest BCUT2D eigenvalue weighted by Gasteiger charge is 2.20. The van der Waals surface area contributed by atoms with Gasteiger partial charge in [-0.25, -0.2) is 0 Å². The molecule has 4 aromatic carbocycles. The molecule has 0 heterocycles. The molecule has 0 unspecified atom stereocenters. The quantitative estimate of drug-likeness (QED) is 0.344. The maximum Gasteiger partial charge on any atom is 0.265 e. The molecule has 0 saturated heterocycles. The van der Waals surface area contributed by atoms with Crippen molar-refractivity contribution >= 4 is 34.0 Å². The monoisotopic (exact) mass is 479 g/mol. The zero-order chi connectivity index (χ0) is 25.5. The topological polar surface area (TPSA) is 91.7 Å². The van der Waals surface area contributed by atoms with E-state index in [1.165, 1.54) is 12.0 Å². The Morgan fingerprint density at radius 3 is 2.31 bits per heavy atom. The van der Waals surface area contributed by atoms with Crippen molar-refractivity contribution in [3.63, 3.8) is 0 Å². The Hall–Kier alpha value is -4.83. The first-order chi connectivity index (χ1) is 17.5. The predicted molar refractivity (Wildman–Crippen MR) is 140 cm³/mol. The second-order valence-corrected chi connectivity index (χ2v) is 8.12. The molecule has 0 saturated carbocycles. The zero-order valence-electron chi connectivity index (χ0n) is 20.0. The number of benzene rings is 4. The Morgan fingerprint density at radius 1 is 0.917 bits per heavy atom. The molecule has 0 bridgehead atoms. The Morgan fingerprint density at radius 2 is 1.61 bits per heavy atom. The standard InChI is InChI=1S/C29H25N3O4/c1-20-12-13-26(35-2)25(16-20)31-29(34)24-17-21-8-6-7-9-22(21)18-27(24)36-19-28(33)32(15-14-30)23-10-4-3-5-11-23/h3-13,16-18H,15,19H2,1-2H3,(H,31,34). The summed E-state index contributed by atoms with van der Waals surface area (Å²) in [7, 11) is 1.54. The molecule has 0 fully saturated rings. The van der Waals surface area contributed by atoms with E-state index in [0.717, 1.165) is 16.3 Å². The minimum atomic E-state index is -0.400. The van der Waals surface area contributed by atoms with Crippen LogP contribution in [0.15, 0.2) is 84.9 Å². The van der Waals surface area contributed by atoms with E-state index in [2.05, 4.69) is 5.32 Å². The fourth-order valence-electron chi connectivity index (χ4n) is 3.84. The van der Waals surface area contributed by atoms with Crippen molar-refractivity contribution in [1.82, 2.24) is 0 Å². The van der Waals surface area contributed by atoms with Gasteiger partial charge in [-0.2, -0.15) is 5.26 Å². The van der Waals surface area contributed by atoms with Gasteiger partial charge in [-0.1, -0.05) is 48.5 Å². The molecule has 0 radical (unpaired) electrons. The van der Waals surface area contributed by atoms with E-state index in [1.807, 2.05) is 55.5 Å². The van der Waals surface area contributed by atoms with Crippen molar-refractivity contribution in [1.29, 1.82) is 5.26 Å². The summed E-state index contributed by atoms with van der Waals surface area (Å²) >= 11 is 0. The Labute approximate surface area is 209 Å². The molecule has 1 N–H and O–H groups in total. The third-order valence-corrected chi connectivity index (χ3v) is 5.64. The lowest BCUT2D eigenvalue weighted by atomic mass is 10.0. The average Bonchev–Trinajstić information content (AvgIpc) is 2.90. The number of carbonyl (C=O) groups is 2. The van der Waals surface area contributed by atoms with Gasteiger partial charge < -0.3 is 14.8 Å². The molecular weight excluding hydrogens is 454 g/mol. The van der Waals surface area contributed by atoms with Crippen LogP contribution in [0.1, 0.15) is 15.9 Å². The zero-order valence-corrected chi connectivity index (χ0v) is 20.0. The van der Waals surface area contributed by atoms with Crippen molar-refractivity contribution in [3.8, 4) is 17.6 Å². The van der Waals surface area contributed by atoms with Crippen LogP contribution >= 0.6 is 0 Å². The molecule has 7 heteroatoms. The lowest BCUT2D eigenvalue weighted by molar-refractivity contribution is -0.120. The molecule has 0 atom stereocenters. The van der Waals surface area contributed by atoms with Crippen molar-refractivity contribution in [2.45, 2.75) is 6.92 Å². The number of rotatable bonds is 8. The summed E-state index contributed by atoms with van der Waals surface area (Å²) in [5.74, 6) is -0.00908. The maximum absolute atomic E-state index is 13.4. The highest BCUT2D eigenvalue weighted by atomic mass is 16.5. The summed E-state index contributed by atoms with van der Waals surface area (Å²) in [4.78, 5) is 27.7. The maximum atomic E-state index is 13.4. The average molecular weight is 480 g/mol. The van der Waals surface area contributed by atoms with Gasteiger partial charge in [0.05, 0.1) is 24.4 Å². The SMILES string of the molecule is COc1ccc(C)cc1NC(=O)c1cc2ccccc2cc1OCC(=O)N(CC#N)c1ccccc1. The Kier molecular flexibility index (Phi) is 7.47. The van der Waals surface area contributed by atoms with E-state index in [0.29, 0.717) is 17.1 Å². The number of para-hydroxylation sites is 1. The largest absolute Gasteiger partial charge is 0.495 e. The summed E-state index contributed by atoms with van der Waals surface area (Å²) in [6.45, 7) is 1.46. The van der Waals surface area contributed by atoms with E-state index < -0.39 is 11.8 Å². The van der Waals surface area contributed by atoms with E-state index >= 15 is 0 Å². The Balaban J connectivity index is 1.63. The van der Waals surface area contributed by atoms with Crippen LogP contribution in [-0.4, -0.2) is 32.1 Å². The number of carbonyl (C=O) groups excluding carboxylic acids is 2. The minimum Gasteiger partial charge on any atom is -0.495 e. The van der Waals surface area contributed by atoms with Gasteiger partial charge in [0.2, 0.25) is 0 Å².